The summed E-state index contributed by atoms with van der Waals surface area (Å²) < 4.78 is 7.07. The quantitative estimate of drug-likeness (QED) is 0.166. The number of amides is 1. The van der Waals surface area contributed by atoms with Crippen molar-refractivity contribution < 1.29 is 19.4 Å². The number of aromatic nitrogens is 3. The van der Waals surface area contributed by atoms with Crippen molar-refractivity contribution in [1.82, 2.24) is 14.8 Å². The molecule has 0 saturated carbocycles. The number of ketones is 1. The van der Waals surface area contributed by atoms with Crippen molar-refractivity contribution in [2.24, 2.45) is 4.99 Å². The molecule has 3 heterocycles. The third-order valence-corrected chi connectivity index (χ3v) is 7.49. The summed E-state index contributed by atoms with van der Waals surface area (Å²) in [5.74, 6) is -0.458. The highest BCUT2D eigenvalue weighted by molar-refractivity contribution is 6.12. The molecule has 1 amide bonds. The van der Waals surface area contributed by atoms with Gasteiger partial charge < -0.3 is 25.0 Å². The molecule has 0 unspecified atom stereocenters. The molecule has 0 radical (unpaired) electrons. The van der Waals surface area contributed by atoms with Crippen LogP contribution in [0.5, 0.6) is 5.88 Å². The highest BCUT2D eigenvalue weighted by Crippen LogP contribution is 2.29. The van der Waals surface area contributed by atoms with Crippen molar-refractivity contribution in [2.75, 3.05) is 36.5 Å². The number of rotatable bonds is 8. The molecule has 6 rings (SSSR count). The minimum Gasteiger partial charge on any atom is -0.494 e. The van der Waals surface area contributed by atoms with Crippen molar-refractivity contribution in [3.63, 3.8) is 0 Å². The van der Waals surface area contributed by atoms with Crippen molar-refractivity contribution in [1.29, 1.82) is 0 Å². The van der Waals surface area contributed by atoms with E-state index in [2.05, 4.69) is 25.3 Å². The number of aliphatic imine (C=N–C) groups is 1. The predicted octanol–water partition coefficient (Wildman–Crippen LogP) is 5.47. The van der Waals surface area contributed by atoms with Gasteiger partial charge in [-0.1, -0.05) is 12.1 Å². The number of carbonyl (C=O) groups is 2. The molecule has 3 aromatic carbocycles. The van der Waals surface area contributed by atoms with Gasteiger partial charge in [0.2, 0.25) is 0 Å². The number of nitrogens with one attached hydrogen (secondary N) is 2. The van der Waals surface area contributed by atoms with Gasteiger partial charge in [0.25, 0.3) is 5.91 Å². The van der Waals surface area contributed by atoms with Crippen molar-refractivity contribution in [3.8, 4) is 5.88 Å². The topological polar surface area (TPSA) is 125 Å². The van der Waals surface area contributed by atoms with Crippen LogP contribution in [-0.2, 0) is 11.3 Å². The van der Waals surface area contributed by atoms with Crippen molar-refractivity contribution in [2.45, 2.75) is 20.4 Å². The maximum atomic E-state index is 13.3. The molecule has 1 aliphatic heterocycles. The monoisotopic (exact) mass is 576 g/mol. The van der Waals surface area contributed by atoms with Gasteiger partial charge in [-0.2, -0.15) is 5.10 Å². The second-order valence-corrected chi connectivity index (χ2v) is 10.4. The van der Waals surface area contributed by atoms with Gasteiger partial charge in [0.05, 0.1) is 30.2 Å². The lowest BCUT2D eigenvalue weighted by atomic mass is 10.0. The number of benzene rings is 3. The van der Waals surface area contributed by atoms with E-state index in [-0.39, 0.29) is 17.6 Å². The zero-order valence-electron chi connectivity index (χ0n) is 24.0. The number of hydrogen-bond acceptors (Lipinski definition) is 7. The van der Waals surface area contributed by atoms with Crippen LogP contribution >= 0.6 is 0 Å². The predicted molar refractivity (Wildman–Crippen MR) is 167 cm³/mol. The number of aromatic amines is 1. The van der Waals surface area contributed by atoms with E-state index in [1.165, 1.54) is 0 Å². The SMILES string of the molecule is CCn1nc(C)cc1C(=O)Nc1ccc(C(=O)c2ccc3c(C=Nc4ccc(N5CCOCC5)cc4)c(O)[nH]c3c2)cc1. The molecule has 5 aromatic rings. The van der Waals surface area contributed by atoms with Crippen LogP contribution in [0.4, 0.5) is 17.1 Å². The van der Waals surface area contributed by atoms with E-state index in [1.807, 2.05) is 38.1 Å². The van der Waals surface area contributed by atoms with E-state index >= 15 is 0 Å². The lowest BCUT2D eigenvalue weighted by molar-refractivity contribution is 0.101. The van der Waals surface area contributed by atoms with Crippen molar-refractivity contribution >= 4 is 45.9 Å². The average Bonchev–Trinajstić information content (AvgIpc) is 3.58. The van der Waals surface area contributed by atoms with Gasteiger partial charge in [-0.05, 0) is 74.5 Å². The molecule has 1 fully saturated rings. The second-order valence-electron chi connectivity index (χ2n) is 10.4. The largest absolute Gasteiger partial charge is 0.494 e. The fourth-order valence-electron chi connectivity index (χ4n) is 5.22. The number of hydrogen-bond donors (Lipinski definition) is 3. The second kappa shape index (κ2) is 11.9. The Morgan fingerprint density at radius 3 is 2.47 bits per heavy atom. The summed E-state index contributed by atoms with van der Waals surface area (Å²) in [5, 5.41) is 18.5. The normalized spacial score (nSPS) is 13.6. The Kier molecular flexibility index (Phi) is 7.76. The molecule has 3 N–H and O–H groups in total. The Morgan fingerprint density at radius 2 is 1.74 bits per heavy atom. The maximum Gasteiger partial charge on any atom is 0.273 e. The first-order valence-electron chi connectivity index (χ1n) is 14.2. The lowest BCUT2D eigenvalue weighted by Crippen LogP contribution is -2.36. The van der Waals surface area contributed by atoms with E-state index in [4.69, 9.17) is 4.74 Å². The number of anilines is 2. The van der Waals surface area contributed by atoms with Gasteiger partial charge in [-0.25, -0.2) is 0 Å². The summed E-state index contributed by atoms with van der Waals surface area (Å²) in [6.07, 6.45) is 1.63. The third kappa shape index (κ3) is 5.91. The molecule has 0 aliphatic carbocycles. The third-order valence-electron chi connectivity index (χ3n) is 7.49. The first-order valence-corrected chi connectivity index (χ1v) is 14.2. The standard InChI is InChI=1S/C33H32N6O4/c1-3-39-30(18-21(2)37-39)33(42)35-25-7-4-22(5-8-25)31(40)23-6-13-27-28(32(41)36-29(27)19-23)20-34-24-9-11-26(12-10-24)38-14-16-43-17-15-38/h4-13,18-20,36,41H,3,14-17H2,1-2H3,(H,35,42). The Balaban J connectivity index is 1.15. The molecular weight excluding hydrogens is 544 g/mol. The summed E-state index contributed by atoms with van der Waals surface area (Å²) in [6, 6.07) is 21.7. The zero-order valence-corrected chi connectivity index (χ0v) is 24.0. The molecule has 0 atom stereocenters. The van der Waals surface area contributed by atoms with Crippen LogP contribution < -0.4 is 10.2 Å². The van der Waals surface area contributed by atoms with Gasteiger partial charge in [-0.15, -0.1) is 0 Å². The summed E-state index contributed by atoms with van der Waals surface area (Å²) in [7, 11) is 0. The summed E-state index contributed by atoms with van der Waals surface area (Å²) in [6.45, 7) is 7.55. The highest BCUT2D eigenvalue weighted by atomic mass is 16.5. The molecule has 10 heteroatoms. The number of fused-ring (bicyclic) bond motifs is 1. The number of morpholine rings is 1. The lowest BCUT2D eigenvalue weighted by Gasteiger charge is -2.28. The Labute approximate surface area is 248 Å². The summed E-state index contributed by atoms with van der Waals surface area (Å²) in [5.41, 5.74) is 5.84. The summed E-state index contributed by atoms with van der Waals surface area (Å²) in [4.78, 5) is 35.8. The van der Waals surface area contributed by atoms with Gasteiger partial charge in [0.15, 0.2) is 11.7 Å². The Hall–Kier alpha value is -5.22. The van der Waals surface area contributed by atoms with Crippen LogP contribution in [0.25, 0.3) is 10.9 Å². The van der Waals surface area contributed by atoms with Gasteiger partial charge >= 0.3 is 0 Å². The Morgan fingerprint density at radius 1 is 1.02 bits per heavy atom. The smallest absolute Gasteiger partial charge is 0.273 e. The van der Waals surface area contributed by atoms with Crippen LogP contribution in [0.15, 0.2) is 77.8 Å². The molecule has 0 bridgehead atoms. The fourth-order valence-corrected chi connectivity index (χ4v) is 5.22. The Bertz CT molecular complexity index is 1810. The van der Waals surface area contributed by atoms with E-state index in [1.54, 1.807) is 59.4 Å². The van der Waals surface area contributed by atoms with Crippen LogP contribution in [0, 0.1) is 6.92 Å². The number of ether oxygens (including phenoxy) is 1. The number of aromatic hydroxyl groups is 1. The minimum atomic E-state index is -0.261. The van der Waals surface area contributed by atoms with Crippen LogP contribution in [0.1, 0.15) is 44.6 Å². The first-order chi connectivity index (χ1) is 20.9. The minimum absolute atomic E-state index is 0.0204. The first kappa shape index (κ1) is 27.9. The van der Waals surface area contributed by atoms with E-state index in [0.717, 1.165) is 48.8 Å². The van der Waals surface area contributed by atoms with E-state index in [9.17, 15) is 14.7 Å². The number of nitrogens with zero attached hydrogens (tertiary/aromatic N) is 4. The molecular formula is C33H32N6O4. The number of carbonyl (C=O) groups excluding carboxylic acids is 2. The van der Waals surface area contributed by atoms with Gasteiger partial charge in [-0.3, -0.25) is 19.3 Å². The van der Waals surface area contributed by atoms with Crippen LogP contribution in [0.2, 0.25) is 0 Å². The van der Waals surface area contributed by atoms with E-state index < -0.39 is 0 Å². The molecule has 0 spiro atoms. The molecule has 10 nitrogen and oxygen atoms in total. The van der Waals surface area contributed by atoms with E-state index in [0.29, 0.717) is 40.1 Å². The number of H-pyrrole nitrogens is 1. The average molecular weight is 577 g/mol. The summed E-state index contributed by atoms with van der Waals surface area (Å²) >= 11 is 0. The van der Waals surface area contributed by atoms with Gasteiger partial charge in [0.1, 0.15) is 5.69 Å². The van der Waals surface area contributed by atoms with Crippen LogP contribution in [-0.4, -0.2) is 64.1 Å². The molecule has 1 saturated heterocycles. The van der Waals surface area contributed by atoms with Gasteiger partial charge in [0, 0.05) is 59.3 Å². The molecule has 43 heavy (non-hydrogen) atoms. The van der Waals surface area contributed by atoms with Crippen LogP contribution in [0.3, 0.4) is 0 Å². The highest BCUT2D eigenvalue weighted by Gasteiger charge is 2.16. The molecule has 218 valence electrons. The fraction of sp³-hybridized carbons (Fsp3) is 0.212. The zero-order chi connectivity index (χ0) is 29.9. The number of aryl methyl sites for hydroxylation is 2. The maximum absolute atomic E-state index is 13.3. The molecule has 2 aromatic heterocycles. The molecule has 1 aliphatic rings. The van der Waals surface area contributed by atoms with Crippen molar-refractivity contribution in [3.05, 3.63) is 101 Å².